The lowest BCUT2D eigenvalue weighted by Gasteiger charge is -2.20. The Morgan fingerprint density at radius 2 is 2.05 bits per heavy atom. The van der Waals surface area contributed by atoms with Crippen molar-refractivity contribution in [3.63, 3.8) is 0 Å². The molecule has 102 valence electrons. The molecule has 0 saturated carbocycles. The van der Waals surface area contributed by atoms with Crippen LogP contribution in [0.1, 0.15) is 32.7 Å². The lowest BCUT2D eigenvalue weighted by atomic mass is 10.0. The summed E-state index contributed by atoms with van der Waals surface area (Å²) in [5, 5.41) is 11.3. The number of carbonyl (C=O) groups excluding carboxylic acids is 3. The molecule has 1 aromatic carbocycles. The number of aromatic carboxylic acids is 1. The van der Waals surface area contributed by atoms with Crippen LogP contribution in [0.2, 0.25) is 0 Å². The first kappa shape index (κ1) is 12.3. The Kier molecular flexibility index (Phi) is 2.56. The zero-order valence-electron chi connectivity index (χ0n) is 10.3. The van der Waals surface area contributed by atoms with Crippen LogP contribution in [-0.2, 0) is 16.1 Å². The molecule has 7 nitrogen and oxygen atoms in total. The van der Waals surface area contributed by atoms with Crippen LogP contribution in [0.15, 0.2) is 18.2 Å². The Hall–Kier alpha value is -2.70. The van der Waals surface area contributed by atoms with Crippen molar-refractivity contribution in [3.05, 3.63) is 34.9 Å². The van der Waals surface area contributed by atoms with Gasteiger partial charge in [-0.25, -0.2) is 4.79 Å². The van der Waals surface area contributed by atoms with E-state index in [0.29, 0.717) is 5.56 Å². The topological polar surface area (TPSA) is 104 Å². The number of rotatable bonds is 2. The first-order chi connectivity index (χ1) is 9.49. The molecule has 1 atom stereocenters. The second kappa shape index (κ2) is 4.16. The van der Waals surface area contributed by atoms with Gasteiger partial charge in [0.25, 0.3) is 5.91 Å². The molecule has 1 fully saturated rings. The molecule has 0 spiro atoms. The van der Waals surface area contributed by atoms with Crippen molar-refractivity contribution in [1.29, 1.82) is 0 Å². The van der Waals surface area contributed by atoms with Gasteiger partial charge in [0.15, 0.2) is 0 Å². The van der Waals surface area contributed by atoms with E-state index >= 15 is 0 Å². The van der Waals surface area contributed by atoms with E-state index in [1.165, 1.54) is 23.1 Å². The highest BCUT2D eigenvalue weighted by Gasteiger charge is 2.42. The van der Waals surface area contributed by atoms with Crippen molar-refractivity contribution >= 4 is 23.7 Å². The second-order valence-corrected chi connectivity index (χ2v) is 4.70. The summed E-state index contributed by atoms with van der Waals surface area (Å²) in [4.78, 5) is 47.5. The summed E-state index contributed by atoms with van der Waals surface area (Å²) in [6.07, 6.45) is -0.0824. The van der Waals surface area contributed by atoms with Crippen molar-refractivity contribution in [1.82, 2.24) is 10.2 Å². The lowest BCUT2D eigenvalue weighted by Crippen LogP contribution is -2.40. The van der Waals surface area contributed by atoms with Crippen molar-refractivity contribution < 1.29 is 24.3 Å². The highest BCUT2D eigenvalue weighted by Crippen LogP contribution is 2.29. The molecule has 2 N–H and O–H groups in total. The minimum Gasteiger partial charge on any atom is -0.478 e. The number of carbonyl (C=O) groups is 4. The van der Waals surface area contributed by atoms with Gasteiger partial charge in [0.2, 0.25) is 11.8 Å². The van der Waals surface area contributed by atoms with Gasteiger partial charge in [0.05, 0.1) is 12.0 Å². The number of carboxylic acids is 1. The monoisotopic (exact) mass is 274 g/mol. The highest BCUT2D eigenvalue weighted by atomic mass is 16.4. The van der Waals surface area contributed by atoms with Crippen LogP contribution in [0.5, 0.6) is 0 Å². The van der Waals surface area contributed by atoms with Gasteiger partial charge < -0.3 is 10.0 Å². The predicted molar refractivity (Wildman–Crippen MR) is 64.8 cm³/mol. The molecule has 2 heterocycles. The molecule has 0 aromatic heterocycles. The number of imide groups is 1. The van der Waals surface area contributed by atoms with Gasteiger partial charge in [-0.15, -0.1) is 0 Å². The molecule has 20 heavy (non-hydrogen) atoms. The minimum atomic E-state index is -1.12. The van der Waals surface area contributed by atoms with Gasteiger partial charge in [0.1, 0.15) is 6.04 Å². The van der Waals surface area contributed by atoms with Crippen molar-refractivity contribution in [2.45, 2.75) is 19.0 Å². The van der Waals surface area contributed by atoms with E-state index in [2.05, 4.69) is 5.32 Å². The van der Waals surface area contributed by atoms with E-state index in [4.69, 9.17) is 5.11 Å². The number of fused-ring (bicyclic) bond motifs is 1. The van der Waals surface area contributed by atoms with Crippen molar-refractivity contribution in [2.24, 2.45) is 0 Å². The van der Waals surface area contributed by atoms with E-state index in [0.717, 1.165) is 0 Å². The number of hydrogen-bond donors (Lipinski definition) is 2. The number of carboxylic acid groups (broad SMARTS) is 1. The van der Waals surface area contributed by atoms with Gasteiger partial charge in [-0.1, -0.05) is 6.07 Å². The third-order valence-corrected chi connectivity index (χ3v) is 3.55. The summed E-state index contributed by atoms with van der Waals surface area (Å²) < 4.78 is 0. The van der Waals surface area contributed by atoms with Crippen LogP contribution in [0.4, 0.5) is 0 Å². The van der Waals surface area contributed by atoms with E-state index in [1.54, 1.807) is 0 Å². The molecule has 0 bridgehead atoms. The fourth-order valence-corrected chi connectivity index (χ4v) is 2.60. The lowest BCUT2D eigenvalue weighted by molar-refractivity contribution is -0.126. The number of benzene rings is 1. The zero-order valence-corrected chi connectivity index (χ0v) is 10.3. The van der Waals surface area contributed by atoms with Gasteiger partial charge in [-0.05, 0) is 17.7 Å². The Morgan fingerprint density at radius 1 is 1.30 bits per heavy atom. The van der Waals surface area contributed by atoms with Gasteiger partial charge in [-0.3, -0.25) is 19.7 Å². The van der Waals surface area contributed by atoms with Crippen molar-refractivity contribution in [2.75, 3.05) is 0 Å². The fraction of sp³-hybridized carbons (Fsp3) is 0.231. The molecule has 7 heteroatoms. The molecular formula is C13H10N2O5. The van der Waals surface area contributed by atoms with Crippen LogP contribution < -0.4 is 5.32 Å². The molecule has 2 aliphatic rings. The molecule has 0 radical (unpaired) electrons. The summed E-state index contributed by atoms with van der Waals surface area (Å²) in [5.74, 6) is -2.49. The normalized spacial score (nSPS) is 21.1. The Balaban J connectivity index is 1.99. The molecule has 1 saturated heterocycles. The Labute approximate surface area is 113 Å². The van der Waals surface area contributed by atoms with Gasteiger partial charge in [0, 0.05) is 12.1 Å². The smallest absolute Gasteiger partial charge is 0.336 e. The average molecular weight is 274 g/mol. The third-order valence-electron chi connectivity index (χ3n) is 3.55. The van der Waals surface area contributed by atoms with Gasteiger partial charge >= 0.3 is 5.97 Å². The maximum absolute atomic E-state index is 12.3. The van der Waals surface area contributed by atoms with E-state index in [9.17, 15) is 19.2 Å². The molecule has 1 unspecified atom stereocenters. The molecule has 3 rings (SSSR count). The summed E-state index contributed by atoms with van der Waals surface area (Å²) >= 11 is 0. The largest absolute Gasteiger partial charge is 0.478 e. The van der Waals surface area contributed by atoms with Crippen molar-refractivity contribution in [3.8, 4) is 0 Å². The molecule has 0 aliphatic carbocycles. The Bertz CT molecular complexity index is 667. The SMILES string of the molecule is O=C1CC(N2Cc3c(C(=O)O)cccc3C2=O)C(=O)N1. The molecule has 2 aliphatic heterocycles. The molecule has 3 amide bonds. The molecular weight excluding hydrogens is 264 g/mol. The number of hydrogen-bond acceptors (Lipinski definition) is 4. The second-order valence-electron chi connectivity index (χ2n) is 4.70. The van der Waals surface area contributed by atoms with Crippen LogP contribution in [0.3, 0.4) is 0 Å². The predicted octanol–water partition coefficient (Wildman–Crippen LogP) is -0.244. The van der Waals surface area contributed by atoms with E-state index in [1.807, 2.05) is 0 Å². The number of nitrogens with one attached hydrogen (secondary N) is 1. The Morgan fingerprint density at radius 3 is 2.65 bits per heavy atom. The number of amides is 3. The first-order valence-electron chi connectivity index (χ1n) is 5.99. The van der Waals surface area contributed by atoms with Crippen LogP contribution >= 0.6 is 0 Å². The fourth-order valence-electron chi connectivity index (χ4n) is 2.60. The zero-order chi connectivity index (χ0) is 14.4. The number of nitrogens with zero attached hydrogens (tertiary/aromatic N) is 1. The highest BCUT2D eigenvalue weighted by molar-refractivity contribution is 6.10. The standard InChI is InChI=1S/C13H10N2O5/c16-10-4-9(11(17)14-10)15-5-8-6(12(15)18)2-1-3-7(8)13(19)20/h1-3,9H,4-5H2,(H,19,20)(H,14,16,17). The van der Waals surface area contributed by atoms with Crippen LogP contribution in [0.25, 0.3) is 0 Å². The maximum atomic E-state index is 12.3. The van der Waals surface area contributed by atoms with E-state index < -0.39 is 29.7 Å². The quantitative estimate of drug-likeness (QED) is 0.724. The average Bonchev–Trinajstić information content (AvgIpc) is 2.89. The summed E-state index contributed by atoms with van der Waals surface area (Å²) in [6, 6.07) is 3.57. The summed E-state index contributed by atoms with van der Waals surface area (Å²) in [7, 11) is 0. The van der Waals surface area contributed by atoms with Gasteiger partial charge in [-0.2, -0.15) is 0 Å². The minimum absolute atomic E-state index is 0.0298. The van der Waals surface area contributed by atoms with E-state index in [-0.39, 0.29) is 24.1 Å². The third kappa shape index (κ3) is 1.67. The summed E-state index contributed by atoms with van der Waals surface area (Å²) in [6.45, 7) is 0.0298. The molecule has 1 aromatic rings. The van der Waals surface area contributed by atoms with Crippen LogP contribution in [0, 0.1) is 0 Å². The summed E-state index contributed by atoms with van der Waals surface area (Å²) in [5.41, 5.74) is 0.706. The maximum Gasteiger partial charge on any atom is 0.336 e. The van der Waals surface area contributed by atoms with Crippen LogP contribution in [-0.4, -0.2) is 39.7 Å². The first-order valence-corrected chi connectivity index (χ1v) is 5.99.